The lowest BCUT2D eigenvalue weighted by Gasteiger charge is -2.11. The summed E-state index contributed by atoms with van der Waals surface area (Å²) in [6, 6.07) is 6.98. The van der Waals surface area contributed by atoms with Crippen molar-refractivity contribution in [1.29, 1.82) is 10.7 Å². The highest BCUT2D eigenvalue weighted by Crippen LogP contribution is 2.13. The van der Waals surface area contributed by atoms with Gasteiger partial charge in [0.2, 0.25) is 0 Å². The highest BCUT2D eigenvalue weighted by Gasteiger charge is 2.11. The predicted molar refractivity (Wildman–Crippen MR) is 81.3 cm³/mol. The zero-order chi connectivity index (χ0) is 15.6. The molecule has 0 spiro atoms. The summed E-state index contributed by atoms with van der Waals surface area (Å²) < 4.78 is 14.6. The molecule has 0 fully saturated rings. The number of halogens is 3. The lowest BCUT2D eigenvalue weighted by molar-refractivity contribution is 0.0998. The van der Waals surface area contributed by atoms with E-state index >= 15 is 0 Å². The largest absolute Gasteiger partial charge is 0.365 e. The van der Waals surface area contributed by atoms with E-state index in [0.29, 0.717) is 5.56 Å². The van der Waals surface area contributed by atoms with Crippen LogP contribution in [0.3, 0.4) is 0 Å². The van der Waals surface area contributed by atoms with Gasteiger partial charge >= 0.3 is 0 Å². The average molecular weight is 341 g/mol. The van der Waals surface area contributed by atoms with Gasteiger partial charge in [0.05, 0.1) is 28.8 Å². The molecule has 0 bridgehead atoms. The highest BCUT2D eigenvalue weighted by molar-refractivity contribution is 6.30. The van der Waals surface area contributed by atoms with Gasteiger partial charge in [0.1, 0.15) is 11.3 Å². The Morgan fingerprint density at radius 2 is 2.14 bits per heavy atom. The number of amides is 1. The fourth-order valence-electron chi connectivity index (χ4n) is 1.91. The van der Waals surface area contributed by atoms with E-state index in [9.17, 15) is 9.18 Å². The minimum Gasteiger partial charge on any atom is -0.365 e. The van der Waals surface area contributed by atoms with E-state index in [4.69, 9.17) is 28.0 Å². The number of hydrogen-bond donors (Lipinski definition) is 2. The van der Waals surface area contributed by atoms with Crippen LogP contribution in [0.15, 0.2) is 30.5 Å². The summed E-state index contributed by atoms with van der Waals surface area (Å²) in [6.45, 7) is 0.0281. The van der Waals surface area contributed by atoms with Crippen molar-refractivity contribution in [1.82, 2.24) is 4.57 Å². The first-order valence-corrected chi connectivity index (χ1v) is 6.23. The number of nitrogens with one attached hydrogen (secondary N) is 1. The molecule has 5 nitrogen and oxygen atoms in total. The number of pyridine rings is 1. The first-order valence-electron chi connectivity index (χ1n) is 5.85. The Labute approximate surface area is 136 Å². The number of carbonyl (C=O) groups excluding carboxylic acids is 1. The van der Waals surface area contributed by atoms with E-state index in [2.05, 4.69) is 0 Å². The number of rotatable bonds is 3. The lowest BCUT2D eigenvalue weighted by Crippen LogP contribution is -2.30. The molecular formula is C14H11Cl2FN4O. The first-order chi connectivity index (χ1) is 9.92. The lowest BCUT2D eigenvalue weighted by atomic mass is 10.1. The Morgan fingerprint density at radius 1 is 1.45 bits per heavy atom. The van der Waals surface area contributed by atoms with E-state index in [1.165, 1.54) is 35.0 Å². The fourth-order valence-corrected chi connectivity index (χ4v) is 2.14. The number of aromatic nitrogens is 1. The summed E-state index contributed by atoms with van der Waals surface area (Å²) in [5.74, 6) is -1.27. The maximum Gasteiger partial charge on any atom is 0.252 e. The summed E-state index contributed by atoms with van der Waals surface area (Å²) in [5.41, 5.74) is 5.65. The summed E-state index contributed by atoms with van der Waals surface area (Å²) >= 11 is 5.89. The van der Waals surface area contributed by atoms with E-state index in [1.807, 2.05) is 6.07 Å². The third kappa shape index (κ3) is 3.64. The number of nitrogens with two attached hydrogens (primary N) is 1. The minimum atomic E-state index is -0.781. The van der Waals surface area contributed by atoms with Crippen LogP contribution in [0.2, 0.25) is 5.02 Å². The van der Waals surface area contributed by atoms with Crippen LogP contribution in [0.4, 0.5) is 4.39 Å². The smallest absolute Gasteiger partial charge is 0.252 e. The molecule has 22 heavy (non-hydrogen) atoms. The maximum atomic E-state index is 13.3. The van der Waals surface area contributed by atoms with Crippen LogP contribution in [-0.2, 0) is 6.54 Å². The van der Waals surface area contributed by atoms with Crippen LogP contribution >= 0.6 is 24.0 Å². The predicted octanol–water partition coefficient (Wildman–Crippen LogP) is 2.20. The number of nitriles is 1. The second-order valence-electron chi connectivity index (χ2n) is 4.33. The van der Waals surface area contributed by atoms with Crippen molar-refractivity contribution in [2.75, 3.05) is 0 Å². The standard InChI is InChI=1S/C14H10ClFN4O.ClH/c15-10-4-12(14(19)21)13(18)20(7-10)6-9-3-11(16)2-1-8(9)5-17;/h1-4,7,18H,6H2,(H2,19,21);1H. The molecule has 2 rings (SSSR count). The van der Waals surface area contributed by atoms with Crippen molar-refractivity contribution >= 4 is 29.9 Å². The Hall–Kier alpha value is -2.36. The van der Waals surface area contributed by atoms with Gasteiger partial charge in [0.25, 0.3) is 5.91 Å². The van der Waals surface area contributed by atoms with Gasteiger partial charge in [-0.25, -0.2) is 4.39 Å². The summed E-state index contributed by atoms with van der Waals surface area (Å²) in [7, 11) is 0. The van der Waals surface area contributed by atoms with Crippen molar-refractivity contribution in [3.63, 3.8) is 0 Å². The zero-order valence-corrected chi connectivity index (χ0v) is 12.7. The van der Waals surface area contributed by atoms with E-state index in [-0.39, 0.29) is 40.6 Å². The zero-order valence-electron chi connectivity index (χ0n) is 11.1. The molecule has 0 radical (unpaired) electrons. The summed E-state index contributed by atoms with van der Waals surface area (Å²) in [4.78, 5) is 11.3. The average Bonchev–Trinajstić information content (AvgIpc) is 2.42. The molecule has 0 saturated heterocycles. The summed E-state index contributed by atoms with van der Waals surface area (Å²) in [6.07, 6.45) is 1.42. The molecule has 0 saturated carbocycles. The SMILES string of the molecule is Cl.N#Cc1ccc(F)cc1Cn1cc(Cl)cc(C(N)=O)c1=N. The normalized spacial score (nSPS) is 9.68. The molecule has 114 valence electrons. The second-order valence-corrected chi connectivity index (χ2v) is 4.76. The second kappa shape index (κ2) is 7.07. The van der Waals surface area contributed by atoms with Gasteiger partial charge in [-0.15, -0.1) is 12.4 Å². The van der Waals surface area contributed by atoms with Crippen molar-refractivity contribution < 1.29 is 9.18 Å². The molecule has 0 aliphatic carbocycles. The fraction of sp³-hybridized carbons (Fsp3) is 0.0714. The van der Waals surface area contributed by atoms with Crippen molar-refractivity contribution in [2.45, 2.75) is 6.54 Å². The molecule has 3 N–H and O–H groups in total. The molecule has 0 unspecified atom stereocenters. The van der Waals surface area contributed by atoms with E-state index in [1.54, 1.807) is 0 Å². The Balaban J connectivity index is 0.00000242. The van der Waals surface area contributed by atoms with Gasteiger partial charge in [0.15, 0.2) is 0 Å². The van der Waals surface area contributed by atoms with Crippen molar-refractivity contribution in [3.8, 4) is 6.07 Å². The Kier molecular flexibility index (Phi) is 5.69. The van der Waals surface area contributed by atoms with Crippen molar-refractivity contribution in [3.05, 3.63) is 63.5 Å². The van der Waals surface area contributed by atoms with Crippen LogP contribution in [0.25, 0.3) is 0 Å². The number of benzene rings is 1. The topological polar surface area (TPSA) is 95.7 Å². The molecule has 1 heterocycles. The molecule has 0 atom stereocenters. The molecule has 8 heteroatoms. The number of hydrogen-bond acceptors (Lipinski definition) is 3. The third-order valence-corrected chi connectivity index (χ3v) is 3.10. The van der Waals surface area contributed by atoms with E-state index in [0.717, 1.165) is 0 Å². The monoisotopic (exact) mass is 340 g/mol. The number of carbonyl (C=O) groups is 1. The van der Waals surface area contributed by atoms with Gasteiger partial charge in [-0.2, -0.15) is 5.26 Å². The molecule has 0 aliphatic heterocycles. The Morgan fingerprint density at radius 3 is 2.73 bits per heavy atom. The molecular weight excluding hydrogens is 330 g/mol. The third-order valence-electron chi connectivity index (χ3n) is 2.90. The van der Waals surface area contributed by atoms with Crippen LogP contribution in [-0.4, -0.2) is 10.5 Å². The molecule has 2 aromatic rings. The van der Waals surface area contributed by atoms with Crippen LogP contribution < -0.4 is 11.2 Å². The van der Waals surface area contributed by atoms with Gasteiger partial charge in [-0.3, -0.25) is 10.2 Å². The molecule has 0 aliphatic rings. The first kappa shape index (κ1) is 17.7. The van der Waals surface area contributed by atoms with Gasteiger partial charge in [0, 0.05) is 6.20 Å². The van der Waals surface area contributed by atoms with Gasteiger partial charge < -0.3 is 10.3 Å². The van der Waals surface area contributed by atoms with Crippen LogP contribution in [0, 0.1) is 22.6 Å². The van der Waals surface area contributed by atoms with Crippen LogP contribution in [0.5, 0.6) is 0 Å². The summed E-state index contributed by atoms with van der Waals surface area (Å²) in [5, 5.41) is 17.2. The van der Waals surface area contributed by atoms with Crippen LogP contribution in [0.1, 0.15) is 21.5 Å². The van der Waals surface area contributed by atoms with E-state index < -0.39 is 11.7 Å². The Bertz CT molecular complexity index is 827. The minimum absolute atomic E-state index is 0. The van der Waals surface area contributed by atoms with Gasteiger partial charge in [-0.05, 0) is 29.8 Å². The maximum absolute atomic E-state index is 13.3. The highest BCUT2D eigenvalue weighted by atomic mass is 35.5. The molecule has 1 amide bonds. The molecule has 1 aromatic carbocycles. The quantitative estimate of drug-likeness (QED) is 0.895. The number of primary amides is 1. The number of nitrogens with zero attached hydrogens (tertiary/aromatic N) is 2. The van der Waals surface area contributed by atoms with Crippen molar-refractivity contribution in [2.24, 2.45) is 5.73 Å². The van der Waals surface area contributed by atoms with Gasteiger partial charge in [-0.1, -0.05) is 11.6 Å². The molecule has 1 aromatic heterocycles.